The number of hydrogen-bond donors (Lipinski definition) is 1. The Morgan fingerprint density at radius 2 is 1.94 bits per heavy atom. The largest absolute Gasteiger partial charge is 0.282 e. The van der Waals surface area contributed by atoms with Gasteiger partial charge in [0.25, 0.3) is 0 Å². The molecule has 1 rings (SSSR count). The summed E-state index contributed by atoms with van der Waals surface area (Å²) in [6.07, 6.45) is 0.133. The molecule has 1 N–H and O–H groups in total. The van der Waals surface area contributed by atoms with Gasteiger partial charge in [-0.2, -0.15) is 5.26 Å². The lowest BCUT2D eigenvalue weighted by Crippen LogP contribution is -2.25. The van der Waals surface area contributed by atoms with Crippen LogP contribution in [0.4, 0.5) is 10.1 Å². The minimum Gasteiger partial charge on any atom is -0.282 e. The monoisotopic (exact) mass is 310 g/mol. The zero-order valence-electron chi connectivity index (χ0n) is 9.25. The van der Waals surface area contributed by atoms with E-state index in [-0.39, 0.29) is 22.2 Å². The van der Waals surface area contributed by atoms with Gasteiger partial charge >= 0.3 is 0 Å². The highest BCUT2D eigenvalue weighted by atomic mass is 35.5. The average Bonchev–Trinajstić information content (AvgIpc) is 2.26. The van der Waals surface area contributed by atoms with E-state index in [1.807, 2.05) is 0 Å². The molecular formula is C10H9Cl2FN2O2S. The van der Waals surface area contributed by atoms with Gasteiger partial charge in [-0.25, -0.2) is 12.8 Å². The van der Waals surface area contributed by atoms with Crippen molar-refractivity contribution in [3.8, 4) is 6.07 Å². The third-order valence-corrected chi connectivity index (χ3v) is 4.39. The second-order valence-corrected chi connectivity index (χ2v) is 6.10. The molecule has 0 aliphatic heterocycles. The Hall–Kier alpha value is -1.03. The summed E-state index contributed by atoms with van der Waals surface area (Å²) in [6.45, 7) is 1.57. The predicted molar refractivity (Wildman–Crippen MR) is 68.7 cm³/mol. The molecule has 1 aromatic rings. The lowest BCUT2D eigenvalue weighted by Gasteiger charge is -2.12. The Morgan fingerprint density at radius 1 is 1.44 bits per heavy atom. The van der Waals surface area contributed by atoms with Crippen molar-refractivity contribution in [1.29, 1.82) is 5.26 Å². The molecule has 1 aromatic carbocycles. The number of rotatable bonds is 4. The topological polar surface area (TPSA) is 70.0 Å². The first-order valence-electron chi connectivity index (χ1n) is 4.87. The maximum absolute atomic E-state index is 13.1. The molecule has 0 aromatic heterocycles. The van der Waals surface area contributed by atoms with Gasteiger partial charge < -0.3 is 0 Å². The number of sulfonamides is 1. The highest BCUT2D eigenvalue weighted by Gasteiger charge is 2.23. The van der Waals surface area contributed by atoms with Gasteiger partial charge in [-0.3, -0.25) is 4.72 Å². The zero-order valence-corrected chi connectivity index (χ0v) is 11.6. The average molecular weight is 311 g/mol. The Labute approximate surface area is 114 Å². The molecule has 0 bridgehead atoms. The van der Waals surface area contributed by atoms with E-state index < -0.39 is 21.1 Å². The van der Waals surface area contributed by atoms with Crippen molar-refractivity contribution in [2.75, 3.05) is 4.72 Å². The van der Waals surface area contributed by atoms with Crippen molar-refractivity contribution in [2.45, 2.75) is 18.6 Å². The minimum absolute atomic E-state index is 0.0140. The van der Waals surface area contributed by atoms with Gasteiger partial charge in [-0.1, -0.05) is 30.1 Å². The fraction of sp³-hybridized carbons (Fsp3) is 0.300. The van der Waals surface area contributed by atoms with Crippen molar-refractivity contribution in [2.24, 2.45) is 0 Å². The lowest BCUT2D eigenvalue weighted by atomic mass is 10.3. The molecule has 0 aliphatic carbocycles. The Balaban J connectivity index is 3.10. The third-order valence-electron chi connectivity index (χ3n) is 2.13. The number of nitriles is 1. The maximum atomic E-state index is 13.1. The van der Waals surface area contributed by atoms with Gasteiger partial charge in [-0.15, -0.1) is 0 Å². The van der Waals surface area contributed by atoms with Crippen LogP contribution in [0.5, 0.6) is 0 Å². The van der Waals surface area contributed by atoms with E-state index in [2.05, 4.69) is 4.72 Å². The van der Waals surface area contributed by atoms with Crippen LogP contribution in [0.25, 0.3) is 0 Å². The van der Waals surface area contributed by atoms with E-state index >= 15 is 0 Å². The molecule has 18 heavy (non-hydrogen) atoms. The van der Waals surface area contributed by atoms with E-state index in [1.54, 1.807) is 13.0 Å². The van der Waals surface area contributed by atoms with Crippen molar-refractivity contribution < 1.29 is 12.8 Å². The van der Waals surface area contributed by atoms with Crippen LogP contribution >= 0.6 is 23.2 Å². The fourth-order valence-corrected chi connectivity index (χ4v) is 2.88. The van der Waals surface area contributed by atoms with Crippen LogP contribution in [0.1, 0.15) is 13.3 Å². The van der Waals surface area contributed by atoms with Gasteiger partial charge in [0.2, 0.25) is 10.0 Å². The molecule has 0 aliphatic rings. The van der Waals surface area contributed by atoms with Gasteiger partial charge in [0.1, 0.15) is 0 Å². The van der Waals surface area contributed by atoms with Gasteiger partial charge in [0.05, 0.1) is 21.8 Å². The van der Waals surface area contributed by atoms with Crippen LogP contribution in [-0.4, -0.2) is 13.7 Å². The minimum atomic E-state index is -3.87. The summed E-state index contributed by atoms with van der Waals surface area (Å²) in [7, 11) is -3.87. The highest BCUT2D eigenvalue weighted by Crippen LogP contribution is 2.28. The summed E-state index contributed by atoms with van der Waals surface area (Å²) in [5, 5.41) is 6.92. The number of nitrogens with zero attached hydrogens (tertiary/aromatic N) is 1. The van der Waals surface area contributed by atoms with Gasteiger partial charge in [-0.05, 0) is 18.6 Å². The molecule has 0 spiro atoms. The molecule has 0 radical (unpaired) electrons. The molecule has 0 fully saturated rings. The Bertz CT molecular complexity index is 575. The molecule has 0 saturated heterocycles. The van der Waals surface area contributed by atoms with Crippen molar-refractivity contribution in [3.63, 3.8) is 0 Å². The third kappa shape index (κ3) is 3.25. The van der Waals surface area contributed by atoms with Crippen LogP contribution in [0.15, 0.2) is 12.1 Å². The molecule has 1 unspecified atom stereocenters. The molecule has 4 nitrogen and oxygen atoms in total. The van der Waals surface area contributed by atoms with Crippen molar-refractivity contribution in [3.05, 3.63) is 28.0 Å². The summed E-state index contributed by atoms with van der Waals surface area (Å²) in [5.74, 6) is -0.825. The van der Waals surface area contributed by atoms with E-state index in [0.29, 0.717) is 0 Å². The first-order valence-corrected chi connectivity index (χ1v) is 7.17. The van der Waals surface area contributed by atoms with Gasteiger partial charge in [0.15, 0.2) is 11.1 Å². The first kappa shape index (κ1) is 15.0. The van der Waals surface area contributed by atoms with E-state index in [0.717, 1.165) is 12.1 Å². The second kappa shape index (κ2) is 5.74. The molecule has 1 atom stereocenters. The smallest absolute Gasteiger partial charge is 0.249 e. The highest BCUT2D eigenvalue weighted by molar-refractivity contribution is 7.93. The number of nitrogens with one attached hydrogen (secondary N) is 1. The van der Waals surface area contributed by atoms with E-state index in [9.17, 15) is 12.8 Å². The molecule has 0 saturated carbocycles. The van der Waals surface area contributed by atoms with Crippen LogP contribution in [0.3, 0.4) is 0 Å². The summed E-state index contributed by atoms with van der Waals surface area (Å²) in [6, 6.07) is 3.84. The zero-order chi connectivity index (χ0) is 13.9. The SMILES string of the molecule is CCC(C#N)S(=O)(=O)Nc1cc(Cl)c(F)c(Cl)c1. The van der Waals surface area contributed by atoms with E-state index in [4.69, 9.17) is 28.5 Å². The van der Waals surface area contributed by atoms with Crippen LogP contribution in [0.2, 0.25) is 10.0 Å². The molecule has 98 valence electrons. The summed E-state index contributed by atoms with van der Waals surface area (Å²) >= 11 is 11.1. The van der Waals surface area contributed by atoms with Crippen LogP contribution in [0, 0.1) is 17.1 Å². The lowest BCUT2D eigenvalue weighted by molar-refractivity contribution is 0.592. The van der Waals surface area contributed by atoms with Crippen LogP contribution < -0.4 is 4.72 Å². The second-order valence-electron chi connectivity index (χ2n) is 3.43. The fourth-order valence-electron chi connectivity index (χ4n) is 1.23. The number of anilines is 1. The van der Waals surface area contributed by atoms with Crippen LogP contribution in [-0.2, 0) is 10.0 Å². The van der Waals surface area contributed by atoms with Crippen molar-refractivity contribution >= 4 is 38.9 Å². The first-order chi connectivity index (χ1) is 8.31. The summed E-state index contributed by atoms with van der Waals surface area (Å²) in [4.78, 5) is 0. The summed E-state index contributed by atoms with van der Waals surface area (Å²) < 4.78 is 38.8. The number of hydrogen-bond acceptors (Lipinski definition) is 3. The van der Waals surface area contributed by atoms with Crippen molar-refractivity contribution in [1.82, 2.24) is 0 Å². The Kier molecular flexibility index (Phi) is 4.79. The van der Waals surface area contributed by atoms with Gasteiger partial charge in [0, 0.05) is 0 Å². The molecular weight excluding hydrogens is 302 g/mol. The number of halogens is 3. The number of benzene rings is 1. The Morgan fingerprint density at radius 3 is 2.33 bits per heavy atom. The summed E-state index contributed by atoms with van der Waals surface area (Å²) in [5.41, 5.74) is 0.0140. The predicted octanol–water partition coefficient (Wildman–Crippen LogP) is 3.18. The normalized spacial score (nSPS) is 12.8. The molecule has 0 amide bonds. The standard InChI is InChI=1S/C10H9Cl2FN2O2S/c1-2-7(5-14)18(16,17)15-6-3-8(11)10(13)9(12)4-6/h3-4,7,15H,2H2,1H3. The molecule has 0 heterocycles. The van der Waals surface area contributed by atoms with E-state index in [1.165, 1.54) is 0 Å². The quantitative estimate of drug-likeness (QED) is 0.868. The molecule has 8 heteroatoms. The maximum Gasteiger partial charge on any atom is 0.249 e.